The first-order chi connectivity index (χ1) is 7.03. The molecule has 3 fully saturated rings. The summed E-state index contributed by atoms with van der Waals surface area (Å²) in [4.78, 5) is 0. The van der Waals surface area contributed by atoms with Crippen LogP contribution in [0.25, 0.3) is 0 Å². The Morgan fingerprint density at radius 3 is 2.00 bits per heavy atom. The van der Waals surface area contributed by atoms with E-state index in [1.807, 2.05) is 0 Å². The van der Waals surface area contributed by atoms with Crippen molar-refractivity contribution in [1.29, 1.82) is 0 Å². The van der Waals surface area contributed by atoms with Gasteiger partial charge in [-0.15, -0.1) is 0 Å². The molecule has 0 atom stereocenters. The van der Waals surface area contributed by atoms with Crippen molar-refractivity contribution in [3.8, 4) is 0 Å². The highest BCUT2D eigenvalue weighted by Gasteiger charge is 2.66. The standard InChI is InChI=1S/C14H19N/c1-10(2)11-3-5-12(6-4-11)13-7-14(15,8-13)9-13/h3-6,10H,7-9,15H2,1-2H3. The number of benzene rings is 1. The summed E-state index contributed by atoms with van der Waals surface area (Å²) in [6, 6.07) is 9.19. The zero-order valence-electron chi connectivity index (χ0n) is 9.59. The van der Waals surface area contributed by atoms with Gasteiger partial charge in [0.1, 0.15) is 0 Å². The minimum Gasteiger partial charge on any atom is -0.325 e. The van der Waals surface area contributed by atoms with E-state index in [1.165, 1.54) is 30.4 Å². The Bertz CT molecular complexity index is 369. The molecule has 3 aliphatic rings. The van der Waals surface area contributed by atoms with Gasteiger partial charge in [0.25, 0.3) is 0 Å². The Morgan fingerprint density at radius 1 is 1.07 bits per heavy atom. The maximum Gasteiger partial charge on any atom is 0.0179 e. The minimum atomic E-state index is 0.219. The molecule has 0 saturated heterocycles. The third-order valence-electron chi connectivity index (χ3n) is 4.26. The predicted molar refractivity (Wildman–Crippen MR) is 63.0 cm³/mol. The summed E-state index contributed by atoms with van der Waals surface area (Å²) in [5.41, 5.74) is 9.73. The van der Waals surface area contributed by atoms with Crippen LogP contribution in [0.4, 0.5) is 0 Å². The second-order valence-electron chi connectivity index (χ2n) is 5.95. The molecule has 15 heavy (non-hydrogen) atoms. The van der Waals surface area contributed by atoms with Gasteiger partial charge in [-0.1, -0.05) is 38.1 Å². The first-order valence-electron chi connectivity index (χ1n) is 5.92. The smallest absolute Gasteiger partial charge is 0.0179 e. The van der Waals surface area contributed by atoms with Crippen molar-refractivity contribution < 1.29 is 0 Å². The van der Waals surface area contributed by atoms with E-state index in [1.54, 1.807) is 0 Å². The average molecular weight is 201 g/mol. The second-order valence-corrected chi connectivity index (χ2v) is 5.95. The Morgan fingerprint density at radius 2 is 1.60 bits per heavy atom. The summed E-state index contributed by atoms with van der Waals surface area (Å²) >= 11 is 0. The summed E-state index contributed by atoms with van der Waals surface area (Å²) in [6.07, 6.45) is 3.63. The van der Waals surface area contributed by atoms with Crippen molar-refractivity contribution in [3.05, 3.63) is 35.4 Å². The molecule has 3 saturated carbocycles. The molecule has 0 heterocycles. The summed E-state index contributed by atoms with van der Waals surface area (Å²) < 4.78 is 0. The van der Waals surface area contributed by atoms with E-state index in [2.05, 4.69) is 38.1 Å². The van der Waals surface area contributed by atoms with E-state index < -0.39 is 0 Å². The highest BCUT2D eigenvalue weighted by molar-refractivity contribution is 5.42. The molecule has 0 aliphatic heterocycles. The average Bonchev–Trinajstić information content (AvgIpc) is 2.12. The molecule has 1 aromatic rings. The molecule has 4 rings (SSSR count). The monoisotopic (exact) mass is 201 g/mol. The van der Waals surface area contributed by atoms with Gasteiger partial charge in [0, 0.05) is 11.0 Å². The van der Waals surface area contributed by atoms with Gasteiger partial charge in [-0.05, 0) is 36.3 Å². The van der Waals surface area contributed by atoms with Crippen LogP contribution in [0.1, 0.15) is 50.2 Å². The maximum atomic E-state index is 6.09. The molecule has 0 amide bonds. The highest BCUT2D eigenvalue weighted by atomic mass is 14.9. The lowest BCUT2D eigenvalue weighted by Crippen LogP contribution is -2.74. The molecule has 1 aromatic carbocycles. The van der Waals surface area contributed by atoms with E-state index in [0.717, 1.165) is 0 Å². The third kappa shape index (κ3) is 1.19. The quantitative estimate of drug-likeness (QED) is 0.782. The zero-order valence-corrected chi connectivity index (χ0v) is 9.59. The molecule has 2 bridgehead atoms. The van der Waals surface area contributed by atoms with E-state index in [4.69, 9.17) is 5.73 Å². The van der Waals surface area contributed by atoms with Crippen LogP contribution in [-0.2, 0) is 5.41 Å². The van der Waals surface area contributed by atoms with Crippen molar-refractivity contribution >= 4 is 0 Å². The molecule has 1 heteroatoms. The summed E-state index contributed by atoms with van der Waals surface area (Å²) in [7, 11) is 0. The van der Waals surface area contributed by atoms with Gasteiger partial charge in [-0.2, -0.15) is 0 Å². The SMILES string of the molecule is CC(C)c1ccc(C23CC(N)(C2)C3)cc1. The molecular formula is C14H19N. The van der Waals surface area contributed by atoms with Crippen molar-refractivity contribution in [2.24, 2.45) is 5.73 Å². The topological polar surface area (TPSA) is 26.0 Å². The fourth-order valence-corrected chi connectivity index (χ4v) is 3.39. The van der Waals surface area contributed by atoms with Gasteiger partial charge in [0.2, 0.25) is 0 Å². The molecule has 0 unspecified atom stereocenters. The fourth-order valence-electron chi connectivity index (χ4n) is 3.39. The first kappa shape index (κ1) is 9.41. The minimum absolute atomic E-state index is 0.219. The van der Waals surface area contributed by atoms with Crippen LogP contribution in [0.5, 0.6) is 0 Å². The van der Waals surface area contributed by atoms with Gasteiger partial charge < -0.3 is 5.73 Å². The van der Waals surface area contributed by atoms with Crippen LogP contribution < -0.4 is 5.73 Å². The van der Waals surface area contributed by atoms with Crippen LogP contribution in [0, 0.1) is 0 Å². The van der Waals surface area contributed by atoms with Gasteiger partial charge in [-0.25, -0.2) is 0 Å². The molecule has 0 radical (unpaired) electrons. The molecule has 0 spiro atoms. The van der Waals surface area contributed by atoms with Crippen LogP contribution >= 0.6 is 0 Å². The largest absolute Gasteiger partial charge is 0.325 e. The van der Waals surface area contributed by atoms with Crippen molar-refractivity contribution in [2.75, 3.05) is 0 Å². The van der Waals surface area contributed by atoms with E-state index >= 15 is 0 Å². The molecule has 3 aliphatic carbocycles. The molecule has 1 nitrogen and oxygen atoms in total. The normalized spacial score (nSPS) is 37.3. The van der Waals surface area contributed by atoms with E-state index in [9.17, 15) is 0 Å². The second kappa shape index (κ2) is 2.65. The zero-order chi connectivity index (χ0) is 10.7. The van der Waals surface area contributed by atoms with Crippen molar-refractivity contribution in [1.82, 2.24) is 0 Å². The van der Waals surface area contributed by atoms with Gasteiger partial charge in [0.05, 0.1) is 0 Å². The highest BCUT2D eigenvalue weighted by Crippen LogP contribution is 2.66. The number of rotatable bonds is 2. The lowest BCUT2D eigenvalue weighted by atomic mass is 9.38. The number of hydrogen-bond acceptors (Lipinski definition) is 1. The van der Waals surface area contributed by atoms with Crippen LogP contribution in [-0.4, -0.2) is 5.54 Å². The summed E-state index contributed by atoms with van der Waals surface area (Å²) in [6.45, 7) is 4.48. The molecule has 2 N–H and O–H groups in total. The number of hydrogen-bond donors (Lipinski definition) is 1. The van der Waals surface area contributed by atoms with Crippen molar-refractivity contribution in [3.63, 3.8) is 0 Å². The Labute approximate surface area is 91.7 Å². The lowest BCUT2D eigenvalue weighted by Gasteiger charge is -2.69. The van der Waals surface area contributed by atoms with Crippen molar-refractivity contribution in [2.45, 2.75) is 50.0 Å². The summed E-state index contributed by atoms with van der Waals surface area (Å²) in [5, 5.41) is 0. The molecule has 0 aromatic heterocycles. The molecular weight excluding hydrogens is 182 g/mol. The third-order valence-corrected chi connectivity index (χ3v) is 4.26. The maximum absolute atomic E-state index is 6.09. The van der Waals surface area contributed by atoms with E-state index in [0.29, 0.717) is 11.3 Å². The van der Waals surface area contributed by atoms with Crippen LogP contribution in [0.2, 0.25) is 0 Å². The summed E-state index contributed by atoms with van der Waals surface area (Å²) in [5.74, 6) is 0.632. The van der Waals surface area contributed by atoms with Gasteiger partial charge in [-0.3, -0.25) is 0 Å². The van der Waals surface area contributed by atoms with Crippen LogP contribution in [0.3, 0.4) is 0 Å². The molecule has 80 valence electrons. The predicted octanol–water partition coefficient (Wildman–Crippen LogP) is 2.94. The Balaban J connectivity index is 1.83. The van der Waals surface area contributed by atoms with Crippen LogP contribution in [0.15, 0.2) is 24.3 Å². The lowest BCUT2D eigenvalue weighted by molar-refractivity contribution is -0.0590. The Kier molecular flexibility index (Phi) is 1.66. The van der Waals surface area contributed by atoms with Gasteiger partial charge >= 0.3 is 0 Å². The van der Waals surface area contributed by atoms with Gasteiger partial charge in [0.15, 0.2) is 0 Å². The van der Waals surface area contributed by atoms with E-state index in [-0.39, 0.29) is 5.54 Å². The Hall–Kier alpha value is -0.820. The first-order valence-corrected chi connectivity index (χ1v) is 5.92. The number of nitrogens with two attached hydrogens (primary N) is 1. The fraction of sp³-hybridized carbons (Fsp3) is 0.571.